The number of nitrogens with one attached hydrogen (secondary N) is 3. The third kappa shape index (κ3) is 3.18. The maximum absolute atomic E-state index is 12.4. The molecule has 0 saturated heterocycles. The van der Waals surface area contributed by atoms with E-state index in [0.717, 1.165) is 5.56 Å². The monoisotopic (exact) mass is 334 g/mol. The summed E-state index contributed by atoms with van der Waals surface area (Å²) in [5.74, 6) is -0.218. The van der Waals surface area contributed by atoms with Crippen LogP contribution in [0.3, 0.4) is 0 Å². The molecule has 0 radical (unpaired) electrons. The number of aromatic amines is 2. The first-order valence-electron chi connectivity index (χ1n) is 7.62. The summed E-state index contributed by atoms with van der Waals surface area (Å²) in [6.07, 6.45) is 3.12. The van der Waals surface area contributed by atoms with Crippen molar-refractivity contribution < 1.29 is 4.79 Å². The Bertz CT molecular complexity index is 1080. The van der Waals surface area contributed by atoms with Crippen LogP contribution < -0.4 is 11.0 Å². The molecular weight excluding hydrogens is 320 g/mol. The molecule has 25 heavy (non-hydrogen) atoms. The lowest BCUT2D eigenvalue weighted by Gasteiger charge is -2.07. The van der Waals surface area contributed by atoms with E-state index in [1.807, 2.05) is 12.1 Å². The first-order valence-corrected chi connectivity index (χ1v) is 7.62. The van der Waals surface area contributed by atoms with E-state index in [1.165, 1.54) is 6.33 Å². The van der Waals surface area contributed by atoms with E-state index < -0.39 is 0 Å². The first kappa shape index (κ1) is 14.9. The van der Waals surface area contributed by atoms with Gasteiger partial charge in [0, 0.05) is 11.3 Å². The standard InChI is InChI=1S/C17H14N6O2/c24-16(20-13-5-6-14-15(7-13)22-17(25)21-14)12-3-1-11(2-4-12)8-23-10-18-9-19-23/h1-7,9-10H,8H2,(H,20,24)(H2,21,22,25). The van der Waals surface area contributed by atoms with Gasteiger partial charge in [0.2, 0.25) is 0 Å². The molecule has 2 heterocycles. The highest BCUT2D eigenvalue weighted by atomic mass is 16.2. The van der Waals surface area contributed by atoms with Crippen LogP contribution in [0.1, 0.15) is 15.9 Å². The molecule has 0 aliphatic rings. The number of hydrogen-bond acceptors (Lipinski definition) is 4. The molecule has 2 aromatic carbocycles. The summed E-state index contributed by atoms with van der Waals surface area (Å²) in [7, 11) is 0. The summed E-state index contributed by atoms with van der Waals surface area (Å²) >= 11 is 0. The number of aromatic nitrogens is 5. The maximum Gasteiger partial charge on any atom is 0.323 e. The van der Waals surface area contributed by atoms with Crippen LogP contribution in [0, 0.1) is 0 Å². The Balaban J connectivity index is 1.48. The number of carbonyl (C=O) groups excluding carboxylic acids is 1. The Morgan fingerprint density at radius 2 is 1.88 bits per heavy atom. The predicted molar refractivity (Wildman–Crippen MR) is 92.4 cm³/mol. The molecule has 0 unspecified atom stereocenters. The van der Waals surface area contributed by atoms with Crippen LogP contribution in [-0.2, 0) is 6.54 Å². The van der Waals surface area contributed by atoms with E-state index in [4.69, 9.17) is 0 Å². The highest BCUT2D eigenvalue weighted by Gasteiger charge is 2.08. The van der Waals surface area contributed by atoms with Gasteiger partial charge in [0.25, 0.3) is 5.91 Å². The van der Waals surface area contributed by atoms with Crippen LogP contribution in [-0.4, -0.2) is 30.6 Å². The zero-order valence-corrected chi connectivity index (χ0v) is 13.1. The topological polar surface area (TPSA) is 108 Å². The van der Waals surface area contributed by atoms with Gasteiger partial charge in [-0.15, -0.1) is 0 Å². The Morgan fingerprint density at radius 1 is 1.08 bits per heavy atom. The Labute approximate surface area is 141 Å². The molecule has 0 saturated carbocycles. The maximum atomic E-state index is 12.4. The number of H-pyrrole nitrogens is 2. The van der Waals surface area contributed by atoms with Gasteiger partial charge in [-0.2, -0.15) is 5.10 Å². The summed E-state index contributed by atoms with van der Waals surface area (Å²) in [6.45, 7) is 0.597. The van der Waals surface area contributed by atoms with Gasteiger partial charge >= 0.3 is 5.69 Å². The van der Waals surface area contributed by atoms with Gasteiger partial charge in [-0.05, 0) is 35.9 Å². The van der Waals surface area contributed by atoms with Crippen LogP contribution >= 0.6 is 0 Å². The van der Waals surface area contributed by atoms with Crippen molar-refractivity contribution in [1.29, 1.82) is 0 Å². The minimum Gasteiger partial charge on any atom is -0.322 e. The van der Waals surface area contributed by atoms with E-state index in [9.17, 15) is 9.59 Å². The lowest BCUT2D eigenvalue weighted by molar-refractivity contribution is 0.102. The SMILES string of the molecule is O=C(Nc1ccc2[nH]c(=O)[nH]c2c1)c1ccc(Cn2cncn2)cc1. The Morgan fingerprint density at radius 3 is 2.64 bits per heavy atom. The van der Waals surface area contributed by atoms with Crippen LogP contribution in [0.4, 0.5) is 5.69 Å². The van der Waals surface area contributed by atoms with Gasteiger partial charge in [0.1, 0.15) is 12.7 Å². The van der Waals surface area contributed by atoms with E-state index in [-0.39, 0.29) is 11.6 Å². The lowest BCUT2D eigenvalue weighted by Crippen LogP contribution is -2.12. The minimum atomic E-state index is -0.276. The van der Waals surface area contributed by atoms with Gasteiger partial charge in [-0.25, -0.2) is 14.5 Å². The lowest BCUT2D eigenvalue weighted by atomic mass is 10.1. The van der Waals surface area contributed by atoms with Crippen molar-refractivity contribution in [3.8, 4) is 0 Å². The molecule has 3 N–H and O–H groups in total. The third-order valence-electron chi connectivity index (χ3n) is 3.80. The molecule has 0 aliphatic carbocycles. The second-order valence-electron chi connectivity index (χ2n) is 5.58. The fraction of sp³-hybridized carbons (Fsp3) is 0.0588. The number of amides is 1. The summed E-state index contributed by atoms with van der Waals surface area (Å²) in [5, 5.41) is 6.87. The first-order chi connectivity index (χ1) is 12.2. The summed E-state index contributed by atoms with van der Waals surface area (Å²) in [4.78, 5) is 32.9. The van der Waals surface area contributed by atoms with E-state index >= 15 is 0 Å². The average molecular weight is 334 g/mol. The normalized spacial score (nSPS) is 10.9. The number of hydrogen-bond donors (Lipinski definition) is 3. The van der Waals surface area contributed by atoms with Gasteiger partial charge in [0.15, 0.2) is 0 Å². The van der Waals surface area contributed by atoms with Gasteiger partial charge < -0.3 is 15.3 Å². The third-order valence-corrected chi connectivity index (χ3v) is 3.80. The molecule has 4 aromatic rings. The molecule has 0 spiro atoms. The van der Waals surface area contributed by atoms with Crippen molar-refractivity contribution in [2.24, 2.45) is 0 Å². The zero-order valence-electron chi connectivity index (χ0n) is 13.1. The number of carbonyl (C=O) groups is 1. The zero-order chi connectivity index (χ0) is 17.2. The highest BCUT2D eigenvalue weighted by Crippen LogP contribution is 2.16. The number of benzene rings is 2. The number of anilines is 1. The molecule has 8 nitrogen and oxygen atoms in total. The quantitative estimate of drug-likeness (QED) is 0.528. The molecule has 124 valence electrons. The van der Waals surface area contributed by atoms with Gasteiger partial charge in [-0.3, -0.25) is 4.79 Å². The summed E-state index contributed by atoms with van der Waals surface area (Å²) in [5.41, 5.74) is 3.24. The molecule has 0 aliphatic heterocycles. The number of fused-ring (bicyclic) bond motifs is 1. The number of imidazole rings is 1. The molecule has 0 fully saturated rings. The van der Waals surface area contributed by atoms with Crippen molar-refractivity contribution in [3.05, 3.63) is 76.7 Å². The van der Waals surface area contributed by atoms with Crippen LogP contribution in [0.25, 0.3) is 11.0 Å². The second kappa shape index (κ2) is 6.08. The van der Waals surface area contributed by atoms with Crippen molar-refractivity contribution in [2.75, 3.05) is 5.32 Å². The smallest absolute Gasteiger partial charge is 0.322 e. The largest absolute Gasteiger partial charge is 0.323 e. The highest BCUT2D eigenvalue weighted by molar-refractivity contribution is 6.04. The molecule has 8 heteroatoms. The van der Waals surface area contributed by atoms with E-state index in [0.29, 0.717) is 28.8 Å². The van der Waals surface area contributed by atoms with Crippen LogP contribution in [0.15, 0.2) is 59.9 Å². The van der Waals surface area contributed by atoms with Gasteiger partial charge in [0.05, 0.1) is 17.6 Å². The van der Waals surface area contributed by atoms with Crippen molar-refractivity contribution in [2.45, 2.75) is 6.54 Å². The second-order valence-corrected chi connectivity index (χ2v) is 5.58. The molecule has 4 rings (SSSR count). The number of nitrogens with zero attached hydrogens (tertiary/aromatic N) is 3. The Kier molecular flexibility index (Phi) is 3.62. The summed E-state index contributed by atoms with van der Waals surface area (Å²) in [6, 6.07) is 12.5. The predicted octanol–water partition coefficient (Wildman–Crippen LogP) is 1.75. The van der Waals surface area contributed by atoms with Crippen molar-refractivity contribution in [3.63, 3.8) is 0 Å². The Hall–Kier alpha value is -3.68. The average Bonchev–Trinajstić information content (AvgIpc) is 3.23. The molecule has 0 atom stereocenters. The van der Waals surface area contributed by atoms with Crippen LogP contribution in [0.5, 0.6) is 0 Å². The van der Waals surface area contributed by atoms with Crippen LogP contribution in [0.2, 0.25) is 0 Å². The fourth-order valence-corrected chi connectivity index (χ4v) is 2.58. The molecular formula is C17H14N6O2. The fourth-order valence-electron chi connectivity index (χ4n) is 2.58. The van der Waals surface area contributed by atoms with Gasteiger partial charge in [-0.1, -0.05) is 12.1 Å². The molecule has 2 aromatic heterocycles. The molecule has 0 bridgehead atoms. The van der Waals surface area contributed by atoms with E-state index in [2.05, 4.69) is 25.4 Å². The van der Waals surface area contributed by atoms with Crippen molar-refractivity contribution in [1.82, 2.24) is 24.7 Å². The summed E-state index contributed by atoms with van der Waals surface area (Å²) < 4.78 is 1.71. The number of rotatable bonds is 4. The van der Waals surface area contributed by atoms with E-state index in [1.54, 1.807) is 41.3 Å². The van der Waals surface area contributed by atoms with Crippen molar-refractivity contribution >= 4 is 22.6 Å². The minimum absolute atomic E-state index is 0.218. The molecule has 1 amide bonds.